The van der Waals surface area contributed by atoms with Crippen LogP contribution in [0, 0.1) is 13.8 Å². The highest BCUT2D eigenvalue weighted by atomic mass is 16.5. The molecule has 0 amide bonds. The lowest BCUT2D eigenvalue weighted by Crippen LogP contribution is -2.22. The van der Waals surface area contributed by atoms with Gasteiger partial charge in [0.1, 0.15) is 5.75 Å². The summed E-state index contributed by atoms with van der Waals surface area (Å²) in [5, 5.41) is 7.48. The van der Waals surface area contributed by atoms with Crippen molar-refractivity contribution in [1.82, 2.24) is 14.8 Å². The van der Waals surface area contributed by atoms with E-state index in [0.717, 1.165) is 28.5 Å². The first-order valence-corrected chi connectivity index (χ1v) is 8.25. The van der Waals surface area contributed by atoms with Gasteiger partial charge in [-0.1, -0.05) is 18.2 Å². The monoisotopic (exact) mass is 350 g/mol. The Kier molecular flexibility index (Phi) is 5.17. The normalized spacial score (nSPS) is 11.4. The summed E-state index contributed by atoms with van der Waals surface area (Å²) in [6.07, 6.45) is 1.78. The number of pyridine rings is 1. The van der Waals surface area contributed by atoms with Crippen molar-refractivity contribution >= 4 is 11.6 Å². The molecule has 0 spiro atoms. The molecule has 0 atom stereocenters. The highest BCUT2D eigenvalue weighted by molar-refractivity contribution is 5.93. The minimum absolute atomic E-state index is 0.317. The zero-order chi connectivity index (χ0) is 18.5. The van der Waals surface area contributed by atoms with Crippen LogP contribution >= 0.6 is 0 Å². The van der Waals surface area contributed by atoms with Crippen LogP contribution in [0.2, 0.25) is 0 Å². The average Bonchev–Trinajstić information content (AvgIpc) is 2.99. The van der Waals surface area contributed by atoms with Crippen LogP contribution in [0.1, 0.15) is 17.0 Å². The molecule has 0 unspecified atom stereocenters. The highest BCUT2D eigenvalue weighted by Crippen LogP contribution is 2.22. The lowest BCUT2D eigenvalue weighted by atomic mass is 10.3. The van der Waals surface area contributed by atoms with Crippen molar-refractivity contribution in [3.63, 3.8) is 0 Å². The molecule has 3 rings (SSSR count). The molecule has 134 valence electrons. The number of anilines is 1. The summed E-state index contributed by atoms with van der Waals surface area (Å²) in [5.41, 5.74) is 9.71. The number of guanidine groups is 1. The molecule has 0 saturated carbocycles. The number of nitrogens with one attached hydrogen (secondary N) is 1. The van der Waals surface area contributed by atoms with E-state index in [4.69, 9.17) is 10.5 Å². The zero-order valence-corrected chi connectivity index (χ0v) is 15.1. The Morgan fingerprint density at radius 3 is 2.69 bits per heavy atom. The molecule has 2 aromatic heterocycles. The molecular formula is C19H22N6O. The van der Waals surface area contributed by atoms with Crippen molar-refractivity contribution in [2.24, 2.45) is 10.7 Å². The second-order valence-electron chi connectivity index (χ2n) is 5.89. The number of aryl methyl sites for hydroxylation is 2. The Morgan fingerprint density at radius 2 is 2.04 bits per heavy atom. The van der Waals surface area contributed by atoms with Gasteiger partial charge >= 0.3 is 0 Å². The number of hydrogen-bond acceptors (Lipinski definition) is 4. The minimum Gasteiger partial charge on any atom is -0.495 e. The van der Waals surface area contributed by atoms with Crippen LogP contribution in [0.3, 0.4) is 0 Å². The van der Waals surface area contributed by atoms with Crippen LogP contribution < -0.4 is 15.8 Å². The molecule has 3 aromatic rings. The van der Waals surface area contributed by atoms with Crippen molar-refractivity contribution in [3.05, 3.63) is 65.6 Å². The number of ether oxygens (including phenoxy) is 1. The standard InChI is InChI=1S/C19H22N6O/c1-13-10-14(2)25(24-13)18-9-8-15(11-21-18)12-22-19(20)23-16-6-4-5-7-17(16)26-3/h4-11H,12H2,1-3H3,(H3,20,22,23). The van der Waals surface area contributed by atoms with E-state index in [9.17, 15) is 0 Å². The Labute approximate surface area is 152 Å². The molecule has 26 heavy (non-hydrogen) atoms. The van der Waals surface area contributed by atoms with Gasteiger partial charge in [0.2, 0.25) is 0 Å². The fourth-order valence-electron chi connectivity index (χ4n) is 2.60. The van der Waals surface area contributed by atoms with Gasteiger partial charge in [-0.15, -0.1) is 0 Å². The first kappa shape index (κ1) is 17.5. The van der Waals surface area contributed by atoms with E-state index in [-0.39, 0.29) is 0 Å². The fourth-order valence-corrected chi connectivity index (χ4v) is 2.60. The van der Waals surface area contributed by atoms with Crippen molar-refractivity contribution in [3.8, 4) is 11.6 Å². The van der Waals surface area contributed by atoms with E-state index in [2.05, 4.69) is 20.4 Å². The molecule has 0 bridgehead atoms. The SMILES string of the molecule is COc1ccccc1NC(N)=NCc1ccc(-n2nc(C)cc2C)nc1. The van der Waals surface area contributed by atoms with E-state index < -0.39 is 0 Å². The molecule has 0 fully saturated rings. The molecule has 7 heteroatoms. The van der Waals surface area contributed by atoms with Crippen LogP contribution in [0.25, 0.3) is 5.82 Å². The summed E-state index contributed by atoms with van der Waals surface area (Å²) in [5.74, 6) is 1.81. The third-order valence-corrected chi connectivity index (χ3v) is 3.84. The maximum Gasteiger partial charge on any atom is 0.193 e. The number of para-hydroxylation sites is 2. The molecule has 0 saturated heterocycles. The number of nitrogens with zero attached hydrogens (tertiary/aromatic N) is 4. The van der Waals surface area contributed by atoms with Crippen molar-refractivity contribution < 1.29 is 4.74 Å². The minimum atomic E-state index is 0.317. The summed E-state index contributed by atoms with van der Waals surface area (Å²) in [7, 11) is 1.61. The Hall–Kier alpha value is -3.35. The first-order chi connectivity index (χ1) is 12.6. The van der Waals surface area contributed by atoms with Gasteiger partial charge in [-0.05, 0) is 43.7 Å². The van der Waals surface area contributed by atoms with Crippen molar-refractivity contribution in [1.29, 1.82) is 0 Å². The number of benzene rings is 1. The quantitative estimate of drug-likeness (QED) is 0.545. The Balaban J connectivity index is 1.67. The maximum absolute atomic E-state index is 5.97. The number of aromatic nitrogens is 3. The zero-order valence-electron chi connectivity index (χ0n) is 15.1. The molecule has 7 nitrogen and oxygen atoms in total. The van der Waals surface area contributed by atoms with Gasteiger partial charge in [-0.25, -0.2) is 14.7 Å². The fraction of sp³-hybridized carbons (Fsp3) is 0.211. The van der Waals surface area contributed by atoms with Crippen LogP contribution in [0.4, 0.5) is 5.69 Å². The predicted molar refractivity (Wildman–Crippen MR) is 103 cm³/mol. The topological polar surface area (TPSA) is 90.3 Å². The average molecular weight is 350 g/mol. The number of aliphatic imine (C=N–C) groups is 1. The van der Waals surface area contributed by atoms with Gasteiger partial charge in [-0.2, -0.15) is 5.10 Å². The van der Waals surface area contributed by atoms with E-state index in [0.29, 0.717) is 18.3 Å². The number of rotatable bonds is 5. The summed E-state index contributed by atoms with van der Waals surface area (Å²) in [4.78, 5) is 8.82. The summed E-state index contributed by atoms with van der Waals surface area (Å²) < 4.78 is 7.10. The van der Waals surface area contributed by atoms with E-state index in [1.165, 1.54) is 0 Å². The first-order valence-electron chi connectivity index (χ1n) is 8.25. The smallest absolute Gasteiger partial charge is 0.193 e. The highest BCUT2D eigenvalue weighted by Gasteiger charge is 2.05. The lowest BCUT2D eigenvalue weighted by Gasteiger charge is -2.10. The molecule has 0 radical (unpaired) electrons. The van der Waals surface area contributed by atoms with E-state index >= 15 is 0 Å². The third-order valence-electron chi connectivity index (χ3n) is 3.84. The third kappa shape index (κ3) is 4.00. The van der Waals surface area contributed by atoms with Gasteiger partial charge in [0.05, 0.1) is 25.0 Å². The van der Waals surface area contributed by atoms with Gasteiger partial charge in [-0.3, -0.25) is 0 Å². The van der Waals surface area contributed by atoms with Crippen LogP contribution in [-0.4, -0.2) is 27.8 Å². The second-order valence-corrected chi connectivity index (χ2v) is 5.89. The van der Waals surface area contributed by atoms with E-state index in [1.54, 1.807) is 13.3 Å². The summed E-state index contributed by atoms with van der Waals surface area (Å²) in [6, 6.07) is 13.5. The Bertz CT molecular complexity index is 914. The van der Waals surface area contributed by atoms with Gasteiger partial charge in [0.25, 0.3) is 0 Å². The van der Waals surface area contributed by atoms with Crippen molar-refractivity contribution in [2.45, 2.75) is 20.4 Å². The lowest BCUT2D eigenvalue weighted by molar-refractivity contribution is 0.417. The number of nitrogens with two attached hydrogens (primary N) is 1. The number of hydrogen-bond donors (Lipinski definition) is 2. The molecular weight excluding hydrogens is 328 g/mol. The second kappa shape index (κ2) is 7.69. The summed E-state index contributed by atoms with van der Waals surface area (Å²) >= 11 is 0. The number of methoxy groups -OCH3 is 1. The Morgan fingerprint density at radius 1 is 1.23 bits per heavy atom. The molecule has 1 aromatic carbocycles. The van der Waals surface area contributed by atoms with E-state index in [1.807, 2.05) is 61.0 Å². The molecule has 2 heterocycles. The summed E-state index contributed by atoms with van der Waals surface area (Å²) in [6.45, 7) is 4.40. The van der Waals surface area contributed by atoms with Crippen LogP contribution in [-0.2, 0) is 6.54 Å². The largest absolute Gasteiger partial charge is 0.495 e. The van der Waals surface area contributed by atoms with Crippen LogP contribution in [0.5, 0.6) is 5.75 Å². The molecule has 3 N–H and O–H groups in total. The van der Waals surface area contributed by atoms with Crippen LogP contribution in [0.15, 0.2) is 53.7 Å². The van der Waals surface area contributed by atoms with Crippen molar-refractivity contribution in [2.75, 3.05) is 12.4 Å². The molecule has 0 aliphatic rings. The van der Waals surface area contributed by atoms with Gasteiger partial charge in [0, 0.05) is 11.9 Å². The molecule has 0 aliphatic heterocycles. The van der Waals surface area contributed by atoms with Gasteiger partial charge in [0.15, 0.2) is 11.8 Å². The predicted octanol–water partition coefficient (Wildman–Crippen LogP) is 2.82. The molecule has 0 aliphatic carbocycles. The maximum atomic E-state index is 5.97. The van der Waals surface area contributed by atoms with Gasteiger partial charge < -0.3 is 15.8 Å².